The second-order valence-electron chi connectivity index (χ2n) is 9.04. The Balaban J connectivity index is 0.000000297. The van der Waals surface area contributed by atoms with Gasteiger partial charge in [0.05, 0.1) is 17.8 Å². The van der Waals surface area contributed by atoms with Crippen molar-refractivity contribution in [2.75, 3.05) is 32.1 Å². The summed E-state index contributed by atoms with van der Waals surface area (Å²) in [7, 11) is 1.82. The third kappa shape index (κ3) is 9.10. The summed E-state index contributed by atoms with van der Waals surface area (Å²) in [4.78, 5) is 14.6. The van der Waals surface area contributed by atoms with Crippen LogP contribution in [0, 0.1) is 0 Å². The van der Waals surface area contributed by atoms with Gasteiger partial charge in [-0.2, -0.15) is 0 Å². The summed E-state index contributed by atoms with van der Waals surface area (Å²) in [5, 5.41) is 6.19. The van der Waals surface area contributed by atoms with Gasteiger partial charge in [-0.05, 0) is 61.1 Å². The molecule has 1 aliphatic heterocycles. The maximum atomic E-state index is 12.7. The SMILES string of the molecule is C=C/C(=C\NC)Nc1ccc2c(c1)C(=O)N(CCCC)CCO2.CCCCc1ccccc1CCC. The van der Waals surface area contributed by atoms with Crippen molar-refractivity contribution in [3.63, 3.8) is 0 Å². The molecule has 5 nitrogen and oxygen atoms in total. The van der Waals surface area contributed by atoms with Crippen LogP contribution in [0.5, 0.6) is 5.75 Å². The molecule has 5 heteroatoms. The Bertz CT molecular complexity index is 982. The van der Waals surface area contributed by atoms with E-state index in [1.165, 1.54) is 32.1 Å². The maximum absolute atomic E-state index is 12.7. The van der Waals surface area contributed by atoms with Gasteiger partial charge in [0.2, 0.25) is 0 Å². The van der Waals surface area contributed by atoms with Crippen LogP contribution >= 0.6 is 0 Å². The zero-order valence-corrected chi connectivity index (χ0v) is 22.7. The van der Waals surface area contributed by atoms with Crippen molar-refractivity contribution in [3.8, 4) is 5.75 Å². The summed E-state index contributed by atoms with van der Waals surface area (Å²) in [5.41, 5.74) is 5.39. The third-order valence-electron chi connectivity index (χ3n) is 6.14. The van der Waals surface area contributed by atoms with Gasteiger partial charge in [-0.3, -0.25) is 4.79 Å². The van der Waals surface area contributed by atoms with E-state index in [4.69, 9.17) is 4.74 Å². The van der Waals surface area contributed by atoms with Crippen molar-refractivity contribution >= 4 is 11.6 Å². The van der Waals surface area contributed by atoms with Crippen molar-refractivity contribution in [1.29, 1.82) is 0 Å². The lowest BCUT2D eigenvalue weighted by atomic mass is 9.99. The van der Waals surface area contributed by atoms with Gasteiger partial charge in [0.15, 0.2) is 0 Å². The van der Waals surface area contributed by atoms with Gasteiger partial charge in [0.1, 0.15) is 12.4 Å². The molecular formula is C31H45N3O2. The predicted molar refractivity (Wildman–Crippen MR) is 153 cm³/mol. The summed E-state index contributed by atoms with van der Waals surface area (Å²) in [6.45, 7) is 12.3. The average Bonchev–Trinajstić information content (AvgIpc) is 3.05. The number of allylic oxidation sites excluding steroid dienone is 1. The third-order valence-corrected chi connectivity index (χ3v) is 6.14. The molecule has 0 unspecified atom stereocenters. The first kappa shape index (κ1) is 29.0. The fourth-order valence-corrected chi connectivity index (χ4v) is 4.15. The molecule has 36 heavy (non-hydrogen) atoms. The number of fused-ring (bicyclic) bond motifs is 1. The predicted octanol–water partition coefficient (Wildman–Crippen LogP) is 6.96. The first-order valence-corrected chi connectivity index (χ1v) is 13.5. The molecule has 0 fully saturated rings. The van der Waals surface area contributed by atoms with Gasteiger partial charge in [-0.25, -0.2) is 0 Å². The quantitative estimate of drug-likeness (QED) is 0.315. The number of amides is 1. The Morgan fingerprint density at radius 1 is 1.03 bits per heavy atom. The van der Waals surface area contributed by atoms with Crippen LogP contribution in [0.1, 0.15) is 74.4 Å². The van der Waals surface area contributed by atoms with Gasteiger partial charge in [-0.1, -0.05) is 70.9 Å². The minimum atomic E-state index is 0.0346. The number of aryl methyl sites for hydroxylation is 2. The highest BCUT2D eigenvalue weighted by Gasteiger charge is 2.23. The Labute approximate surface area is 218 Å². The average molecular weight is 492 g/mol. The molecule has 1 aliphatic rings. The van der Waals surface area contributed by atoms with Crippen molar-refractivity contribution in [2.45, 2.75) is 65.7 Å². The number of unbranched alkanes of at least 4 members (excludes halogenated alkanes) is 2. The van der Waals surface area contributed by atoms with E-state index in [0.29, 0.717) is 24.5 Å². The van der Waals surface area contributed by atoms with Crippen LogP contribution in [0.15, 0.2) is 67.0 Å². The molecule has 0 radical (unpaired) electrons. The Hall–Kier alpha value is -3.21. The van der Waals surface area contributed by atoms with E-state index >= 15 is 0 Å². The van der Waals surface area contributed by atoms with Gasteiger partial charge in [0.25, 0.3) is 5.91 Å². The van der Waals surface area contributed by atoms with Gasteiger partial charge in [0, 0.05) is 25.5 Å². The van der Waals surface area contributed by atoms with Crippen molar-refractivity contribution in [1.82, 2.24) is 10.2 Å². The molecule has 196 valence electrons. The van der Waals surface area contributed by atoms with Gasteiger partial charge in [-0.15, -0.1) is 0 Å². The van der Waals surface area contributed by atoms with Crippen LogP contribution in [-0.2, 0) is 12.8 Å². The number of carbonyl (C=O) groups is 1. The van der Waals surface area contributed by atoms with E-state index < -0.39 is 0 Å². The van der Waals surface area contributed by atoms with E-state index in [1.54, 1.807) is 17.2 Å². The monoisotopic (exact) mass is 491 g/mol. The van der Waals surface area contributed by atoms with E-state index in [1.807, 2.05) is 36.3 Å². The lowest BCUT2D eigenvalue weighted by molar-refractivity contribution is 0.0753. The zero-order valence-electron chi connectivity index (χ0n) is 22.7. The first-order valence-electron chi connectivity index (χ1n) is 13.5. The molecule has 2 aromatic carbocycles. The van der Waals surface area contributed by atoms with Crippen LogP contribution in [0.25, 0.3) is 0 Å². The van der Waals surface area contributed by atoms with Crippen LogP contribution in [-0.4, -0.2) is 37.6 Å². The fraction of sp³-hybridized carbons (Fsp3) is 0.452. The molecule has 0 saturated heterocycles. The van der Waals surface area contributed by atoms with Crippen molar-refractivity contribution in [3.05, 3.63) is 83.7 Å². The number of hydrogen-bond donors (Lipinski definition) is 2. The normalized spacial score (nSPS) is 13.1. The molecule has 3 rings (SSSR count). The van der Waals surface area contributed by atoms with Crippen LogP contribution < -0.4 is 15.4 Å². The number of carbonyl (C=O) groups excluding carboxylic acids is 1. The van der Waals surface area contributed by atoms with Crippen LogP contribution in [0.2, 0.25) is 0 Å². The molecule has 2 aromatic rings. The molecule has 0 atom stereocenters. The second kappa shape index (κ2) is 16.5. The molecule has 2 N–H and O–H groups in total. The molecule has 0 spiro atoms. The van der Waals surface area contributed by atoms with Gasteiger partial charge < -0.3 is 20.3 Å². The molecule has 1 heterocycles. The summed E-state index contributed by atoms with van der Waals surface area (Å²) in [6.07, 6.45) is 12.0. The van der Waals surface area contributed by atoms with E-state index in [-0.39, 0.29) is 5.91 Å². The number of rotatable bonds is 12. The molecule has 0 bridgehead atoms. The Morgan fingerprint density at radius 2 is 1.75 bits per heavy atom. The molecule has 0 saturated carbocycles. The number of benzene rings is 2. The zero-order chi connectivity index (χ0) is 26.2. The number of nitrogens with zero attached hydrogens (tertiary/aromatic N) is 1. The number of ether oxygens (including phenoxy) is 1. The van der Waals surface area contributed by atoms with E-state index in [9.17, 15) is 4.79 Å². The Kier molecular flexibility index (Phi) is 13.3. The summed E-state index contributed by atoms with van der Waals surface area (Å²) in [5.74, 6) is 0.685. The van der Waals surface area contributed by atoms with Crippen LogP contribution in [0.3, 0.4) is 0 Å². The van der Waals surface area contributed by atoms with E-state index in [2.05, 4.69) is 62.2 Å². The van der Waals surface area contributed by atoms with E-state index in [0.717, 1.165) is 30.8 Å². The smallest absolute Gasteiger partial charge is 0.257 e. The Morgan fingerprint density at radius 3 is 2.39 bits per heavy atom. The fourth-order valence-electron chi connectivity index (χ4n) is 4.15. The summed E-state index contributed by atoms with van der Waals surface area (Å²) in [6, 6.07) is 14.5. The maximum Gasteiger partial charge on any atom is 0.257 e. The van der Waals surface area contributed by atoms with Crippen molar-refractivity contribution in [2.24, 2.45) is 0 Å². The van der Waals surface area contributed by atoms with Gasteiger partial charge >= 0.3 is 0 Å². The summed E-state index contributed by atoms with van der Waals surface area (Å²) >= 11 is 0. The standard InChI is InChI=1S/C18H25N3O2.C13H20/c1-4-6-9-21-10-11-23-17-8-7-15(12-16(17)18(21)22)20-14(5-2)13-19-3;1-3-5-9-13-11-7-6-10-12(13)8-4-2/h5,7-8,12-13,19-20H,2,4,6,9-11H2,1,3H3;6-7,10-11H,3-5,8-9H2,1-2H3/b14-13+;. The number of anilines is 1. The largest absolute Gasteiger partial charge is 0.491 e. The minimum absolute atomic E-state index is 0.0346. The van der Waals surface area contributed by atoms with Crippen molar-refractivity contribution < 1.29 is 9.53 Å². The summed E-state index contributed by atoms with van der Waals surface area (Å²) < 4.78 is 5.73. The lowest BCUT2D eigenvalue weighted by Crippen LogP contribution is -2.33. The highest BCUT2D eigenvalue weighted by atomic mass is 16.5. The highest BCUT2D eigenvalue weighted by Crippen LogP contribution is 2.27. The first-order chi connectivity index (χ1) is 17.6. The molecule has 0 aliphatic carbocycles. The second-order valence-corrected chi connectivity index (χ2v) is 9.04. The number of hydrogen-bond acceptors (Lipinski definition) is 4. The molecular weight excluding hydrogens is 446 g/mol. The lowest BCUT2D eigenvalue weighted by Gasteiger charge is -2.19. The minimum Gasteiger partial charge on any atom is -0.491 e. The number of nitrogens with one attached hydrogen (secondary N) is 2. The molecule has 1 amide bonds. The molecule has 0 aromatic heterocycles. The highest BCUT2D eigenvalue weighted by molar-refractivity contribution is 5.98. The topological polar surface area (TPSA) is 53.6 Å². The van der Waals surface area contributed by atoms with Crippen LogP contribution in [0.4, 0.5) is 5.69 Å².